The van der Waals surface area contributed by atoms with Crippen molar-refractivity contribution in [1.29, 1.82) is 0 Å². The van der Waals surface area contributed by atoms with E-state index in [2.05, 4.69) is 11.9 Å². The number of allylic oxidation sites excluding steroid dienone is 1. The molecule has 1 amide bonds. The Morgan fingerprint density at radius 2 is 2.16 bits per heavy atom. The lowest BCUT2D eigenvalue weighted by Crippen LogP contribution is -2.41. The van der Waals surface area contributed by atoms with E-state index in [4.69, 9.17) is 4.74 Å². The third-order valence-corrected chi connectivity index (χ3v) is 3.13. The molecule has 0 heterocycles. The number of benzene rings is 1. The zero-order chi connectivity index (χ0) is 13.6. The quantitative estimate of drug-likeness (QED) is 0.627. The van der Waals surface area contributed by atoms with Gasteiger partial charge in [-0.3, -0.25) is 4.79 Å². The molecule has 19 heavy (non-hydrogen) atoms. The smallest absolute Gasteiger partial charge is 0.208 e. The van der Waals surface area contributed by atoms with Crippen LogP contribution in [0.1, 0.15) is 12.0 Å². The van der Waals surface area contributed by atoms with Crippen LogP contribution in [0.25, 0.3) is 0 Å². The Labute approximate surface area is 113 Å². The van der Waals surface area contributed by atoms with Crippen molar-refractivity contribution >= 4 is 6.41 Å². The maximum atomic E-state index is 10.6. The van der Waals surface area contributed by atoms with Crippen molar-refractivity contribution in [3.63, 3.8) is 0 Å². The highest BCUT2D eigenvalue weighted by Crippen LogP contribution is 2.22. The molecule has 0 bridgehead atoms. The number of ether oxygens (including phenoxy) is 1. The van der Waals surface area contributed by atoms with Crippen molar-refractivity contribution in [2.45, 2.75) is 18.6 Å². The van der Waals surface area contributed by atoms with Gasteiger partial charge in [0.1, 0.15) is 12.4 Å². The van der Waals surface area contributed by atoms with E-state index >= 15 is 0 Å². The number of carbonyl (C=O) groups excluding carboxylic acids is 1. The summed E-state index contributed by atoms with van der Waals surface area (Å²) in [5.74, 6) is 0.814. The Morgan fingerprint density at radius 3 is 2.74 bits per heavy atom. The Morgan fingerprint density at radius 1 is 1.37 bits per heavy atom. The summed E-state index contributed by atoms with van der Waals surface area (Å²) in [7, 11) is 0. The molecule has 0 radical (unpaired) electrons. The number of amides is 1. The van der Waals surface area contributed by atoms with Crippen LogP contribution in [0.4, 0.5) is 0 Å². The number of nitrogens with one attached hydrogen (secondary N) is 1. The first kappa shape index (κ1) is 13.1. The highest BCUT2D eigenvalue weighted by atomic mass is 16.5. The van der Waals surface area contributed by atoms with Crippen LogP contribution in [0.15, 0.2) is 67.0 Å². The van der Waals surface area contributed by atoms with Crippen molar-refractivity contribution in [3.8, 4) is 0 Å². The number of rotatable bonds is 6. The minimum atomic E-state index is -0.485. The third-order valence-electron chi connectivity index (χ3n) is 3.13. The van der Waals surface area contributed by atoms with E-state index in [9.17, 15) is 4.79 Å². The minimum absolute atomic E-state index is 0.485. The molecule has 0 saturated heterocycles. The Hall–Kier alpha value is -2.29. The second-order valence-electron chi connectivity index (χ2n) is 4.42. The zero-order valence-corrected chi connectivity index (χ0v) is 10.7. The van der Waals surface area contributed by atoms with E-state index in [0.717, 1.165) is 11.3 Å². The van der Waals surface area contributed by atoms with Crippen molar-refractivity contribution in [2.24, 2.45) is 0 Å². The van der Waals surface area contributed by atoms with Crippen LogP contribution in [0, 0.1) is 0 Å². The fraction of sp³-hybridized carbons (Fsp3) is 0.188. The summed E-state index contributed by atoms with van der Waals surface area (Å²) in [5, 5.41) is 2.76. The monoisotopic (exact) mass is 255 g/mol. The molecule has 1 atom stereocenters. The number of hydrogen-bond donors (Lipinski definition) is 1. The van der Waals surface area contributed by atoms with Crippen molar-refractivity contribution in [1.82, 2.24) is 5.32 Å². The summed E-state index contributed by atoms with van der Waals surface area (Å²) in [6, 6.07) is 10.00. The maximum Gasteiger partial charge on any atom is 0.208 e. The van der Waals surface area contributed by atoms with Crippen LogP contribution >= 0.6 is 0 Å². The summed E-state index contributed by atoms with van der Waals surface area (Å²) in [6.45, 7) is 4.29. The first-order chi connectivity index (χ1) is 9.28. The molecule has 98 valence electrons. The van der Waals surface area contributed by atoms with Gasteiger partial charge in [0.2, 0.25) is 6.41 Å². The van der Waals surface area contributed by atoms with Gasteiger partial charge in [-0.1, -0.05) is 42.5 Å². The molecular formula is C16H17NO2. The molecule has 1 aliphatic carbocycles. The van der Waals surface area contributed by atoms with E-state index < -0.39 is 5.54 Å². The summed E-state index contributed by atoms with van der Waals surface area (Å²) in [4.78, 5) is 10.6. The van der Waals surface area contributed by atoms with E-state index in [1.54, 1.807) is 6.08 Å². The molecule has 1 N–H and O–H groups in total. The van der Waals surface area contributed by atoms with Gasteiger partial charge < -0.3 is 10.1 Å². The molecule has 3 heteroatoms. The van der Waals surface area contributed by atoms with Gasteiger partial charge in [-0.15, -0.1) is 6.58 Å². The normalized spacial score (nSPS) is 21.4. The maximum absolute atomic E-state index is 10.6. The van der Waals surface area contributed by atoms with Gasteiger partial charge in [-0.2, -0.15) is 0 Å². The van der Waals surface area contributed by atoms with E-state index in [1.807, 2.05) is 48.6 Å². The van der Waals surface area contributed by atoms with Crippen LogP contribution in [0.3, 0.4) is 0 Å². The first-order valence-corrected chi connectivity index (χ1v) is 6.19. The summed E-state index contributed by atoms with van der Waals surface area (Å²) in [6.07, 6.45) is 8.79. The third kappa shape index (κ3) is 3.35. The molecule has 1 aliphatic rings. The second kappa shape index (κ2) is 6.05. The van der Waals surface area contributed by atoms with E-state index in [-0.39, 0.29) is 0 Å². The predicted octanol–water partition coefficient (Wildman–Crippen LogP) is 2.72. The molecular weight excluding hydrogens is 238 g/mol. The van der Waals surface area contributed by atoms with Gasteiger partial charge in [0.05, 0.1) is 5.54 Å². The van der Waals surface area contributed by atoms with Crippen LogP contribution in [-0.4, -0.2) is 11.9 Å². The Balaban J connectivity index is 1.93. The molecule has 2 rings (SSSR count). The highest BCUT2D eigenvalue weighted by Gasteiger charge is 2.23. The topological polar surface area (TPSA) is 38.3 Å². The van der Waals surface area contributed by atoms with Crippen LogP contribution in [0.5, 0.6) is 0 Å². The summed E-state index contributed by atoms with van der Waals surface area (Å²) < 4.78 is 5.71. The van der Waals surface area contributed by atoms with Crippen LogP contribution < -0.4 is 5.32 Å². The molecule has 1 aromatic carbocycles. The summed E-state index contributed by atoms with van der Waals surface area (Å²) in [5.41, 5.74) is 0.643. The minimum Gasteiger partial charge on any atom is -0.489 e. The van der Waals surface area contributed by atoms with Gasteiger partial charge in [0, 0.05) is 0 Å². The second-order valence-corrected chi connectivity index (χ2v) is 4.42. The lowest BCUT2D eigenvalue weighted by molar-refractivity contribution is -0.110. The van der Waals surface area contributed by atoms with Gasteiger partial charge in [0.15, 0.2) is 0 Å². The molecule has 0 spiro atoms. The molecule has 3 nitrogen and oxygen atoms in total. The lowest BCUT2D eigenvalue weighted by Gasteiger charge is -2.28. The van der Waals surface area contributed by atoms with Crippen LogP contribution in [0.2, 0.25) is 0 Å². The van der Waals surface area contributed by atoms with Gasteiger partial charge >= 0.3 is 0 Å². The molecule has 1 aromatic rings. The molecule has 0 aromatic heterocycles. The Bertz CT molecular complexity index is 505. The average molecular weight is 255 g/mol. The largest absolute Gasteiger partial charge is 0.489 e. The zero-order valence-electron chi connectivity index (χ0n) is 10.7. The van der Waals surface area contributed by atoms with Crippen molar-refractivity contribution in [3.05, 3.63) is 72.5 Å². The average Bonchev–Trinajstić information content (AvgIpc) is 2.48. The van der Waals surface area contributed by atoms with Gasteiger partial charge in [-0.25, -0.2) is 0 Å². The van der Waals surface area contributed by atoms with E-state index in [1.165, 1.54) is 0 Å². The highest BCUT2D eigenvalue weighted by molar-refractivity contribution is 5.51. The van der Waals surface area contributed by atoms with Gasteiger partial charge in [-0.05, 0) is 24.1 Å². The summed E-state index contributed by atoms with van der Waals surface area (Å²) >= 11 is 0. The predicted molar refractivity (Wildman–Crippen MR) is 75.2 cm³/mol. The Kier molecular flexibility index (Phi) is 4.18. The first-order valence-electron chi connectivity index (χ1n) is 6.19. The fourth-order valence-corrected chi connectivity index (χ4v) is 1.91. The SMILES string of the molecule is C=CC1(NC=O)C=CC(OCc2ccccc2)=CC1. The van der Waals surface area contributed by atoms with E-state index in [0.29, 0.717) is 19.4 Å². The van der Waals surface area contributed by atoms with Crippen molar-refractivity contribution in [2.75, 3.05) is 0 Å². The molecule has 0 fully saturated rings. The number of carbonyl (C=O) groups is 1. The van der Waals surface area contributed by atoms with Gasteiger partial charge in [0.25, 0.3) is 0 Å². The van der Waals surface area contributed by atoms with Crippen molar-refractivity contribution < 1.29 is 9.53 Å². The molecule has 0 saturated carbocycles. The van der Waals surface area contributed by atoms with Crippen LogP contribution in [-0.2, 0) is 16.1 Å². The number of hydrogen-bond acceptors (Lipinski definition) is 2. The lowest BCUT2D eigenvalue weighted by atomic mass is 9.91. The fourth-order valence-electron chi connectivity index (χ4n) is 1.91. The molecule has 1 unspecified atom stereocenters. The molecule has 0 aliphatic heterocycles. The standard InChI is InChI=1S/C16H17NO2/c1-2-16(17-13-18)10-8-15(9-11-16)19-12-14-6-4-3-5-7-14/h2-10,13H,1,11-12H2,(H,17,18).